The Morgan fingerprint density at radius 1 is 1.00 bits per heavy atom. The molecule has 0 spiro atoms. The predicted octanol–water partition coefficient (Wildman–Crippen LogP) is 2.61. The number of nitrogens with zero attached hydrogens (tertiary/aromatic N) is 2. The molecule has 1 fully saturated rings. The molecule has 1 unspecified atom stereocenters. The topological polar surface area (TPSA) is 48.0 Å². The monoisotopic (exact) mass is 508 g/mol. The van der Waals surface area contributed by atoms with Crippen molar-refractivity contribution in [2.45, 2.75) is 31.5 Å². The number of fused-ring (bicyclic) bond motifs is 1. The van der Waals surface area contributed by atoms with Crippen LogP contribution < -0.4 is 12.4 Å². The Balaban J connectivity index is 0.00000304. The number of methoxy groups -OCH3 is 2. The maximum absolute atomic E-state index is 14.2. The second-order valence-electron chi connectivity index (χ2n) is 9.28. The van der Waals surface area contributed by atoms with Crippen molar-refractivity contribution in [1.82, 2.24) is 5.01 Å². The highest BCUT2D eigenvalue weighted by molar-refractivity contribution is 5.83. The molecule has 3 aromatic rings. The first-order valence-electron chi connectivity index (χ1n) is 12.2. The van der Waals surface area contributed by atoms with Gasteiger partial charge in [0.25, 0.3) is 0 Å². The van der Waals surface area contributed by atoms with Crippen LogP contribution in [0.5, 0.6) is 0 Å². The fourth-order valence-corrected chi connectivity index (χ4v) is 5.66. The van der Waals surface area contributed by atoms with Gasteiger partial charge in [0.05, 0.1) is 19.8 Å². The third-order valence-corrected chi connectivity index (χ3v) is 7.28. The molecule has 0 radical (unpaired) electrons. The molecule has 2 heterocycles. The quantitative estimate of drug-likeness (QED) is 0.459. The molecule has 0 aromatic heterocycles. The molecule has 2 aliphatic heterocycles. The summed E-state index contributed by atoms with van der Waals surface area (Å²) in [5.74, 6) is 0.792. The van der Waals surface area contributed by atoms with Crippen LogP contribution in [0.1, 0.15) is 30.0 Å². The molecule has 0 bridgehead atoms. The fourth-order valence-electron chi connectivity index (χ4n) is 5.66. The minimum Gasteiger partial charge on any atom is -1.00 e. The van der Waals surface area contributed by atoms with Gasteiger partial charge in [-0.25, -0.2) is 0 Å². The van der Waals surface area contributed by atoms with Gasteiger partial charge in [0.2, 0.25) is 6.04 Å². The lowest BCUT2D eigenvalue weighted by Crippen LogP contribution is -3.00. The van der Waals surface area contributed by atoms with Crippen molar-refractivity contribution in [1.29, 1.82) is 0 Å². The van der Waals surface area contributed by atoms with E-state index >= 15 is 0 Å². The molecule has 7 heteroatoms. The predicted molar refractivity (Wildman–Crippen MR) is 135 cm³/mol. The highest BCUT2D eigenvalue weighted by Crippen LogP contribution is 2.46. The van der Waals surface area contributed by atoms with Crippen LogP contribution >= 0.6 is 0 Å². The lowest BCUT2D eigenvalue weighted by Gasteiger charge is -2.44. The zero-order chi connectivity index (χ0) is 24.3. The summed E-state index contributed by atoms with van der Waals surface area (Å²) in [5, 5.41) is 4.58. The molecular formula is C29H33ClN2O4. The van der Waals surface area contributed by atoms with Gasteiger partial charge in [0, 0.05) is 25.3 Å². The van der Waals surface area contributed by atoms with Crippen LogP contribution in [0.25, 0.3) is 10.8 Å². The normalized spacial score (nSPS) is 23.8. The molecule has 1 amide bonds. The maximum Gasteiger partial charge on any atom is 0.537 e. The van der Waals surface area contributed by atoms with Crippen molar-refractivity contribution in [3.63, 3.8) is 0 Å². The SMILES string of the molecule is COC[C@@H]1CCCN1[N+]1(C(=O)OCc2ccccc2)CC=C(OC)[C@@H]1c1ccc2ccccc2c1.[Cl-]. The lowest BCUT2D eigenvalue weighted by atomic mass is 10.00. The summed E-state index contributed by atoms with van der Waals surface area (Å²) in [6.07, 6.45) is 3.77. The first-order valence-corrected chi connectivity index (χ1v) is 12.2. The Labute approximate surface area is 219 Å². The van der Waals surface area contributed by atoms with E-state index in [1.54, 1.807) is 14.2 Å². The number of hydrogen-bond acceptors (Lipinski definition) is 5. The molecule has 2 aliphatic rings. The van der Waals surface area contributed by atoms with E-state index in [-0.39, 0.29) is 41.8 Å². The van der Waals surface area contributed by atoms with Crippen LogP contribution in [-0.2, 0) is 20.8 Å². The number of ether oxygens (including phenoxy) is 3. The molecule has 5 rings (SSSR count). The summed E-state index contributed by atoms with van der Waals surface area (Å²) in [4.78, 5) is 14.2. The van der Waals surface area contributed by atoms with Crippen LogP contribution in [0, 0.1) is 0 Å². The molecular weight excluding hydrogens is 476 g/mol. The van der Waals surface area contributed by atoms with Gasteiger partial charge in [-0.1, -0.05) is 66.7 Å². The number of quaternary nitrogens is 1. The second-order valence-corrected chi connectivity index (χ2v) is 9.28. The molecule has 36 heavy (non-hydrogen) atoms. The number of hydrogen-bond donors (Lipinski definition) is 0. The average molecular weight is 509 g/mol. The Morgan fingerprint density at radius 2 is 1.75 bits per heavy atom. The van der Waals surface area contributed by atoms with E-state index in [9.17, 15) is 4.79 Å². The number of halogens is 1. The summed E-state index contributed by atoms with van der Waals surface area (Å²) in [6, 6.07) is 24.3. The van der Waals surface area contributed by atoms with Crippen LogP contribution in [0.15, 0.2) is 84.6 Å². The third kappa shape index (κ3) is 4.74. The van der Waals surface area contributed by atoms with Crippen molar-refractivity contribution in [3.8, 4) is 0 Å². The van der Waals surface area contributed by atoms with Crippen LogP contribution in [0.3, 0.4) is 0 Å². The molecule has 1 saturated heterocycles. The van der Waals surface area contributed by atoms with Gasteiger partial charge in [-0.2, -0.15) is 4.79 Å². The Kier molecular flexibility index (Phi) is 8.32. The van der Waals surface area contributed by atoms with Gasteiger partial charge in [-0.05, 0) is 35.2 Å². The van der Waals surface area contributed by atoms with Gasteiger partial charge < -0.3 is 26.6 Å². The molecule has 0 N–H and O–H groups in total. The van der Waals surface area contributed by atoms with Gasteiger partial charge in [0.1, 0.15) is 13.2 Å². The summed E-state index contributed by atoms with van der Waals surface area (Å²) in [7, 11) is 3.41. The van der Waals surface area contributed by atoms with Gasteiger partial charge in [-0.3, -0.25) is 0 Å². The van der Waals surface area contributed by atoms with Gasteiger partial charge in [-0.15, -0.1) is 9.60 Å². The van der Waals surface area contributed by atoms with Gasteiger partial charge in [0.15, 0.2) is 5.76 Å². The summed E-state index contributed by atoms with van der Waals surface area (Å²) >= 11 is 0. The molecule has 190 valence electrons. The van der Waals surface area contributed by atoms with Crippen molar-refractivity contribution >= 4 is 16.9 Å². The standard InChI is InChI=1S/C29H33N2O4.ClH/c1-33-21-26-13-8-17-30(26)31(29(32)35-20-22-9-4-3-5-10-22)18-16-27(34-2)28(31)25-15-14-23-11-6-7-12-24(23)19-25;/h3-7,9-12,14-16,19,26,28H,8,13,17-18,20-21H2,1-2H3;1H/q+1;/p-1/t26-,28-,31?;/m0./s1. The number of carbonyl (C=O) groups is 1. The molecule has 3 atom stereocenters. The van der Waals surface area contributed by atoms with E-state index in [1.165, 1.54) is 5.39 Å². The molecule has 6 nitrogen and oxygen atoms in total. The van der Waals surface area contributed by atoms with E-state index in [2.05, 4.69) is 35.3 Å². The Morgan fingerprint density at radius 3 is 2.50 bits per heavy atom. The summed E-state index contributed by atoms with van der Waals surface area (Å²) < 4.78 is 17.5. The highest BCUT2D eigenvalue weighted by atomic mass is 35.5. The third-order valence-electron chi connectivity index (χ3n) is 7.28. The highest BCUT2D eigenvalue weighted by Gasteiger charge is 2.60. The minimum absolute atomic E-state index is 0. The number of carbonyl (C=O) groups excluding carboxylic acids is 1. The molecule has 3 aromatic carbocycles. The van der Waals surface area contributed by atoms with Crippen molar-refractivity contribution in [2.24, 2.45) is 0 Å². The van der Waals surface area contributed by atoms with E-state index in [0.717, 1.165) is 41.7 Å². The first kappa shape index (κ1) is 26.2. The Hall–Kier alpha value is -2.90. The van der Waals surface area contributed by atoms with E-state index < -0.39 is 0 Å². The summed E-state index contributed by atoms with van der Waals surface area (Å²) in [6.45, 7) is 2.08. The van der Waals surface area contributed by atoms with E-state index in [1.807, 2.05) is 48.5 Å². The maximum atomic E-state index is 14.2. The van der Waals surface area contributed by atoms with Crippen molar-refractivity contribution in [3.05, 3.63) is 95.8 Å². The smallest absolute Gasteiger partial charge is 0.537 e. The van der Waals surface area contributed by atoms with Crippen molar-refractivity contribution < 1.29 is 36.0 Å². The van der Waals surface area contributed by atoms with Gasteiger partial charge >= 0.3 is 6.09 Å². The largest absolute Gasteiger partial charge is 1.00 e. The summed E-state index contributed by atoms with van der Waals surface area (Å²) in [5.41, 5.74) is 2.00. The number of rotatable bonds is 7. The van der Waals surface area contributed by atoms with Crippen LogP contribution in [0.4, 0.5) is 4.79 Å². The number of amides is 1. The average Bonchev–Trinajstić information content (AvgIpc) is 3.53. The van der Waals surface area contributed by atoms with Crippen LogP contribution in [-0.4, -0.2) is 55.7 Å². The zero-order valence-corrected chi connectivity index (χ0v) is 21.6. The van der Waals surface area contributed by atoms with E-state index in [0.29, 0.717) is 13.2 Å². The van der Waals surface area contributed by atoms with E-state index in [4.69, 9.17) is 14.2 Å². The molecule has 0 aliphatic carbocycles. The number of benzene rings is 3. The fraction of sp³-hybridized carbons (Fsp3) is 0.345. The second kappa shape index (κ2) is 11.4. The Bertz CT molecular complexity index is 1220. The van der Waals surface area contributed by atoms with Crippen molar-refractivity contribution in [2.75, 3.05) is 33.9 Å². The molecule has 0 saturated carbocycles. The first-order chi connectivity index (χ1) is 17.2. The zero-order valence-electron chi connectivity index (χ0n) is 20.8. The minimum atomic E-state index is -0.328. The van der Waals surface area contributed by atoms with Crippen LogP contribution in [0.2, 0.25) is 0 Å². The lowest BCUT2D eigenvalue weighted by molar-refractivity contribution is -0.987.